The van der Waals surface area contributed by atoms with Crippen molar-refractivity contribution < 1.29 is 26.3 Å². The van der Waals surface area contributed by atoms with E-state index in [9.17, 15) is 18.4 Å². The van der Waals surface area contributed by atoms with Gasteiger partial charge in [0.05, 0.1) is 56.2 Å². The van der Waals surface area contributed by atoms with Gasteiger partial charge in [-0.3, -0.25) is 0 Å². The molecule has 2 aromatic heterocycles. The van der Waals surface area contributed by atoms with Gasteiger partial charge in [-0.25, -0.2) is 0 Å². The van der Waals surface area contributed by atoms with Gasteiger partial charge in [0, 0.05) is 27.1 Å². The molecule has 8 aromatic carbocycles. The van der Waals surface area contributed by atoms with E-state index in [1.54, 1.807) is 0 Å². The summed E-state index contributed by atoms with van der Waals surface area (Å²) >= 11 is 0. The molecule has 0 bridgehead atoms. The van der Waals surface area contributed by atoms with Crippen LogP contribution in [0.5, 0.6) is 0 Å². The van der Waals surface area contributed by atoms with E-state index in [4.69, 9.17) is 0 Å². The Bertz CT molecular complexity index is 3300. The number of nitrogens with zero attached hydrogens (tertiary/aromatic N) is 3. The van der Waals surface area contributed by atoms with Crippen LogP contribution in [-0.2, 0) is 12.4 Å². The molecule has 2 heterocycles. The molecule has 0 atom stereocenters. The fraction of sp³-hybridized carbons (Fsp3) is 0.0755. The molecule has 0 amide bonds. The molecule has 0 radical (unpaired) electrons. The van der Waals surface area contributed by atoms with Crippen LogP contribution in [0.2, 0.25) is 0 Å². The minimum atomic E-state index is -5.20. The second-order valence-corrected chi connectivity index (χ2v) is 15.6. The van der Waals surface area contributed by atoms with E-state index < -0.39 is 29.0 Å². The highest BCUT2D eigenvalue weighted by Gasteiger charge is 2.40. The number of benzene rings is 8. The number of rotatable bonds is 5. The largest absolute Gasteiger partial charge is 0.417 e. The average molecular weight is 826 g/mol. The lowest BCUT2D eigenvalue weighted by Crippen LogP contribution is -2.14. The summed E-state index contributed by atoms with van der Waals surface area (Å²) in [7, 11) is 0. The van der Waals surface area contributed by atoms with Crippen LogP contribution in [0, 0.1) is 25.2 Å². The minimum Gasteiger partial charge on any atom is -0.308 e. The molecule has 0 aliphatic heterocycles. The quantitative estimate of drug-likeness (QED) is 0.159. The molecular weight excluding hydrogens is 793 g/mol. The van der Waals surface area contributed by atoms with Crippen LogP contribution in [0.4, 0.5) is 26.3 Å². The molecule has 0 fully saturated rings. The van der Waals surface area contributed by atoms with Crippen molar-refractivity contribution in [3.8, 4) is 50.8 Å². The monoisotopic (exact) mass is 825 g/mol. The maximum absolute atomic E-state index is 15.5. The summed E-state index contributed by atoms with van der Waals surface area (Å²) < 4.78 is 92.7. The van der Waals surface area contributed by atoms with Crippen molar-refractivity contribution in [2.24, 2.45) is 0 Å². The first kappa shape index (κ1) is 38.6. The molecule has 302 valence electrons. The predicted molar refractivity (Wildman–Crippen MR) is 236 cm³/mol. The van der Waals surface area contributed by atoms with Crippen LogP contribution in [0.1, 0.15) is 27.8 Å². The van der Waals surface area contributed by atoms with Gasteiger partial charge in [0.25, 0.3) is 0 Å². The summed E-state index contributed by atoms with van der Waals surface area (Å²) in [6.07, 6.45) is -10.2. The van der Waals surface area contributed by atoms with Crippen LogP contribution in [0.3, 0.4) is 0 Å². The van der Waals surface area contributed by atoms with Crippen molar-refractivity contribution >= 4 is 43.6 Å². The van der Waals surface area contributed by atoms with Crippen molar-refractivity contribution in [3.05, 3.63) is 192 Å². The maximum Gasteiger partial charge on any atom is 0.417 e. The third-order valence-electron chi connectivity index (χ3n) is 11.9. The number of alkyl halides is 6. The van der Waals surface area contributed by atoms with Crippen molar-refractivity contribution in [2.45, 2.75) is 26.2 Å². The summed E-state index contributed by atoms with van der Waals surface area (Å²) in [5.74, 6) is 0. The second kappa shape index (κ2) is 14.3. The summed E-state index contributed by atoms with van der Waals surface area (Å²) in [4.78, 5) is 0. The summed E-state index contributed by atoms with van der Waals surface area (Å²) in [6, 6.07) is 49.8. The smallest absolute Gasteiger partial charge is 0.308 e. The van der Waals surface area contributed by atoms with Crippen molar-refractivity contribution in [2.75, 3.05) is 0 Å². The van der Waals surface area contributed by atoms with E-state index in [0.717, 1.165) is 61.0 Å². The van der Waals surface area contributed by atoms with Gasteiger partial charge in [0.15, 0.2) is 0 Å². The Labute approximate surface area is 351 Å². The molecule has 0 aliphatic rings. The lowest BCUT2D eigenvalue weighted by atomic mass is 9.92. The first-order valence-electron chi connectivity index (χ1n) is 19.9. The van der Waals surface area contributed by atoms with E-state index in [-0.39, 0.29) is 28.6 Å². The van der Waals surface area contributed by atoms with Gasteiger partial charge < -0.3 is 9.13 Å². The molecule has 0 aliphatic carbocycles. The van der Waals surface area contributed by atoms with E-state index in [2.05, 4.69) is 6.07 Å². The number of nitriles is 1. The number of hydrogen-bond acceptors (Lipinski definition) is 1. The summed E-state index contributed by atoms with van der Waals surface area (Å²) in [5, 5.41) is 13.9. The number of fused-ring (bicyclic) bond motifs is 6. The first-order valence-corrected chi connectivity index (χ1v) is 19.9. The Hall–Kier alpha value is -7.57. The molecule has 10 aromatic rings. The molecule has 3 nitrogen and oxygen atoms in total. The third-order valence-corrected chi connectivity index (χ3v) is 11.9. The van der Waals surface area contributed by atoms with Gasteiger partial charge in [-0.1, -0.05) is 103 Å². The Kier molecular flexibility index (Phi) is 8.89. The zero-order valence-corrected chi connectivity index (χ0v) is 33.2. The lowest BCUT2D eigenvalue weighted by molar-refractivity contribution is -0.142. The average Bonchev–Trinajstić information content (AvgIpc) is 3.77. The predicted octanol–water partition coefficient (Wildman–Crippen LogP) is 15.4. The number of aryl methyl sites for hydroxylation is 2. The van der Waals surface area contributed by atoms with Gasteiger partial charge in [-0.15, -0.1) is 0 Å². The van der Waals surface area contributed by atoms with E-state index in [1.165, 1.54) is 12.1 Å². The number of para-hydroxylation sites is 2. The Balaban J connectivity index is 1.37. The van der Waals surface area contributed by atoms with Gasteiger partial charge in [-0.2, -0.15) is 31.6 Å². The summed E-state index contributed by atoms with van der Waals surface area (Å²) in [5.41, 5.74) is 5.74. The third kappa shape index (κ3) is 6.21. The van der Waals surface area contributed by atoms with Gasteiger partial charge in [0.2, 0.25) is 0 Å². The highest BCUT2D eigenvalue weighted by molar-refractivity contribution is 6.13. The molecule has 0 N–H and O–H groups in total. The maximum atomic E-state index is 15.5. The fourth-order valence-corrected chi connectivity index (χ4v) is 9.07. The topological polar surface area (TPSA) is 33.6 Å². The highest BCUT2D eigenvalue weighted by atomic mass is 19.4. The molecule has 62 heavy (non-hydrogen) atoms. The molecule has 0 saturated heterocycles. The van der Waals surface area contributed by atoms with E-state index in [0.29, 0.717) is 28.1 Å². The van der Waals surface area contributed by atoms with Crippen LogP contribution < -0.4 is 0 Å². The number of hydrogen-bond donors (Lipinski definition) is 0. The van der Waals surface area contributed by atoms with Crippen LogP contribution >= 0.6 is 0 Å². The highest BCUT2D eigenvalue weighted by Crippen LogP contribution is 2.48. The van der Waals surface area contributed by atoms with Crippen LogP contribution in [-0.4, -0.2) is 9.13 Å². The Morgan fingerprint density at radius 1 is 0.435 bits per heavy atom. The molecule has 0 spiro atoms. The van der Waals surface area contributed by atoms with Crippen LogP contribution in [0.15, 0.2) is 164 Å². The minimum absolute atomic E-state index is 0.00122. The summed E-state index contributed by atoms with van der Waals surface area (Å²) in [6.45, 7) is 4.04. The van der Waals surface area contributed by atoms with Crippen molar-refractivity contribution in [1.82, 2.24) is 9.13 Å². The molecule has 0 unspecified atom stereocenters. The van der Waals surface area contributed by atoms with Crippen molar-refractivity contribution in [3.63, 3.8) is 0 Å². The number of aromatic nitrogens is 2. The standard InChI is InChI=1S/C53H33F6N3/c1-31-11-3-5-13-37(31)34-19-23-47-42(27-34)39-15-7-9-17-45(39)61(47)49-25-33(30-60)26-50(51(49)41-22-21-36(52(54,55)56)29-44(41)53(57,58)59)62-46-18-10-8-16-40(46)43-28-35(20-24-48(43)62)38-14-6-4-12-32(38)2/h3-29H,1-2H3. The Morgan fingerprint density at radius 3 is 1.34 bits per heavy atom. The molecule has 9 heteroatoms. The normalized spacial score (nSPS) is 12.2. The fourth-order valence-electron chi connectivity index (χ4n) is 9.07. The molecule has 10 rings (SSSR count). The lowest BCUT2D eigenvalue weighted by Gasteiger charge is -2.24. The molecule has 0 saturated carbocycles. The second-order valence-electron chi connectivity index (χ2n) is 15.6. The Morgan fingerprint density at radius 2 is 0.887 bits per heavy atom. The van der Waals surface area contributed by atoms with Gasteiger partial charge >= 0.3 is 12.4 Å². The van der Waals surface area contributed by atoms with E-state index >= 15 is 13.2 Å². The zero-order chi connectivity index (χ0) is 43.1. The first-order chi connectivity index (χ1) is 29.8. The van der Waals surface area contributed by atoms with Crippen molar-refractivity contribution in [1.29, 1.82) is 5.26 Å². The van der Waals surface area contributed by atoms with E-state index in [1.807, 2.05) is 156 Å². The van der Waals surface area contributed by atoms with Gasteiger partial charge in [-0.05, 0) is 113 Å². The van der Waals surface area contributed by atoms with Crippen LogP contribution in [0.25, 0.3) is 88.4 Å². The SMILES string of the molecule is Cc1ccccc1-c1ccc2c(c1)c1ccccc1n2-c1cc(C#N)cc(-n2c3ccccc3c3cc(-c4ccccc4C)ccc32)c1-c1ccc(C(F)(F)F)cc1C(F)(F)F. The molecular formula is C53H33F6N3. The number of halogens is 6. The zero-order valence-electron chi connectivity index (χ0n) is 33.2. The van der Waals surface area contributed by atoms with Gasteiger partial charge in [0.1, 0.15) is 0 Å².